The highest BCUT2D eigenvalue weighted by molar-refractivity contribution is 7.01. The molecule has 0 unspecified atom stereocenters. The van der Waals surface area contributed by atoms with Crippen LogP contribution in [0.2, 0.25) is 39.3 Å². The molecule has 0 saturated heterocycles. The Labute approximate surface area is 399 Å². The first-order valence-corrected chi connectivity index (χ1v) is 32.6. The summed E-state index contributed by atoms with van der Waals surface area (Å²) in [5.41, 5.74) is 8.38. The molecule has 0 N–H and O–H groups in total. The normalized spacial score (nSPS) is 11.4. The lowest BCUT2D eigenvalue weighted by Crippen LogP contribution is -2.54. The summed E-state index contributed by atoms with van der Waals surface area (Å²) in [6, 6.07) is 92.4. The van der Waals surface area contributed by atoms with Crippen molar-refractivity contribution in [3.8, 4) is 0 Å². The summed E-state index contributed by atoms with van der Waals surface area (Å²) < 4.78 is 0. The average molecular weight is 907 g/mol. The molecule has 0 bridgehead atoms. The zero-order valence-corrected chi connectivity index (χ0v) is 42.9. The maximum absolute atomic E-state index is 2.45. The fourth-order valence-corrected chi connectivity index (χ4v) is 16.5. The highest BCUT2D eigenvalue weighted by Gasteiger charge is 2.29. The molecule has 0 amide bonds. The molecule has 0 fully saturated rings. The molecule has 0 aliphatic rings. The van der Waals surface area contributed by atoms with Crippen molar-refractivity contribution in [1.82, 2.24) is 0 Å². The van der Waals surface area contributed by atoms with Crippen molar-refractivity contribution in [2.45, 2.75) is 58.5 Å². The van der Waals surface area contributed by atoms with E-state index in [2.05, 4.69) is 294 Å². The van der Waals surface area contributed by atoms with Crippen LogP contribution in [0.3, 0.4) is 0 Å². The van der Waals surface area contributed by atoms with Crippen molar-refractivity contribution in [3.63, 3.8) is 0 Å². The van der Waals surface area contributed by atoms with Crippen LogP contribution >= 0.6 is 0 Å². The summed E-state index contributed by atoms with van der Waals surface area (Å²) in [5, 5.41) is 9.03. The van der Waals surface area contributed by atoms with Gasteiger partial charge in [0.2, 0.25) is 0 Å². The largest absolute Gasteiger partial charge is 0.112 e. The molecule has 0 saturated carbocycles. The monoisotopic (exact) mass is 906 g/mol. The van der Waals surface area contributed by atoms with Crippen molar-refractivity contribution < 1.29 is 0 Å². The van der Waals surface area contributed by atoms with Crippen molar-refractivity contribution in [2.24, 2.45) is 0 Å². The zero-order chi connectivity index (χ0) is 46.2. The van der Waals surface area contributed by atoms with Crippen LogP contribution in [0.1, 0.15) is 33.4 Å². The summed E-state index contributed by atoms with van der Waals surface area (Å²) in [4.78, 5) is 0. The van der Waals surface area contributed by atoms with Gasteiger partial charge in [0, 0.05) is 0 Å². The molecule has 9 aromatic carbocycles. The van der Waals surface area contributed by atoms with Crippen LogP contribution < -0.4 is 31.1 Å². The Hall–Kier alpha value is -6.37. The fourth-order valence-electron chi connectivity index (χ4n) is 8.93. The second-order valence-electron chi connectivity index (χ2n) is 19.0. The Kier molecular flexibility index (Phi) is 16.4. The summed E-state index contributed by atoms with van der Waals surface area (Å²) in [6.07, 6.45) is 3.03. The Bertz CT molecular complexity index is 2800. The molecule has 0 aromatic heterocycles. The van der Waals surface area contributed by atoms with Gasteiger partial charge < -0.3 is 0 Å². The lowest BCUT2D eigenvalue weighted by Gasteiger charge is -2.26. The predicted octanol–water partition coefficient (Wildman–Crippen LogP) is 12.3. The van der Waals surface area contributed by atoms with Crippen LogP contribution in [0.4, 0.5) is 0 Å². The van der Waals surface area contributed by atoms with E-state index in [1.807, 2.05) is 0 Å². The third-order valence-corrected chi connectivity index (χ3v) is 23.9. The molecule has 0 aliphatic carbocycles. The first-order chi connectivity index (χ1) is 32.0. The van der Waals surface area contributed by atoms with Crippen molar-refractivity contribution in [2.75, 3.05) is 0 Å². The lowest BCUT2D eigenvalue weighted by atomic mass is 10.1. The van der Waals surface area contributed by atoms with Gasteiger partial charge in [0.25, 0.3) is 0 Å². The van der Waals surface area contributed by atoms with Gasteiger partial charge in [-0.2, -0.15) is 0 Å². The SMILES string of the molecule is C[Si](C)(c1ccccc1)c1ccc(Cc2ccccc2)cc1.C[Si](C)(c1ccccc1)c1cccc(Cc2ccccc2)c1.C[Si](C)(c1ccccc1)c1ccccc1Cc1ccccc1. The van der Waals surface area contributed by atoms with E-state index in [1.165, 1.54) is 59.3 Å². The van der Waals surface area contributed by atoms with E-state index in [0.29, 0.717) is 0 Å². The van der Waals surface area contributed by atoms with Gasteiger partial charge in [-0.25, -0.2) is 0 Å². The fraction of sp³-hybridized carbons (Fsp3) is 0.143. The maximum Gasteiger partial charge on any atom is 0.112 e. The van der Waals surface area contributed by atoms with Crippen molar-refractivity contribution in [1.29, 1.82) is 0 Å². The van der Waals surface area contributed by atoms with E-state index in [-0.39, 0.29) is 0 Å². The molecule has 0 heterocycles. The second kappa shape index (κ2) is 22.7. The molecule has 66 heavy (non-hydrogen) atoms. The number of hydrogen-bond acceptors (Lipinski definition) is 0. The molecule has 330 valence electrons. The molecule has 0 radical (unpaired) electrons. The standard InChI is InChI=1S/3C21H22Si/c1-22(2,20-14-7-4-8-15-20)21-16-10-9-13-19(21)17-18-11-5-3-6-12-18;1-22(2,20-13-7-4-8-14-20)21-15-9-12-19(17-21)16-18-10-5-3-6-11-18;1-22(2,20-11-7-4-8-12-20)21-15-13-19(14-16-21)17-18-9-5-3-6-10-18/h3-16H,17H2,1-2H3;3-15,17H,16H2,1-2H3;3-16H,17H2,1-2H3. The van der Waals surface area contributed by atoms with E-state index in [0.717, 1.165) is 19.3 Å². The maximum atomic E-state index is 2.45. The Balaban J connectivity index is 0.000000147. The minimum Gasteiger partial charge on any atom is -0.0626 e. The lowest BCUT2D eigenvalue weighted by molar-refractivity contribution is 1.20. The van der Waals surface area contributed by atoms with Gasteiger partial charge in [0.1, 0.15) is 24.2 Å². The molecule has 9 rings (SSSR count). The van der Waals surface area contributed by atoms with Crippen LogP contribution in [-0.4, -0.2) is 24.2 Å². The van der Waals surface area contributed by atoms with E-state index >= 15 is 0 Å². The summed E-state index contributed by atoms with van der Waals surface area (Å²) in [5.74, 6) is 0. The third-order valence-electron chi connectivity index (χ3n) is 13.2. The van der Waals surface area contributed by atoms with Gasteiger partial charge in [-0.15, -0.1) is 0 Å². The van der Waals surface area contributed by atoms with E-state index in [1.54, 1.807) is 5.19 Å². The molecule has 0 nitrogen and oxygen atoms in total. The molecule has 3 heteroatoms. The minimum absolute atomic E-state index is 1.01. The molecule has 0 atom stereocenters. The first-order valence-electron chi connectivity index (χ1n) is 23.6. The third kappa shape index (κ3) is 12.7. The molecule has 9 aromatic rings. The molecular weight excluding hydrogens is 841 g/mol. The van der Waals surface area contributed by atoms with Crippen LogP contribution in [0.15, 0.2) is 255 Å². The van der Waals surface area contributed by atoms with Gasteiger partial charge in [0.05, 0.1) is 0 Å². The number of hydrogen-bond donors (Lipinski definition) is 0. The summed E-state index contributed by atoms with van der Waals surface area (Å²) in [6.45, 7) is 14.6. The minimum atomic E-state index is -1.65. The average Bonchev–Trinajstić information content (AvgIpc) is 3.36. The highest BCUT2D eigenvalue weighted by Crippen LogP contribution is 2.15. The summed E-state index contributed by atoms with van der Waals surface area (Å²) in [7, 11) is -4.83. The second-order valence-corrected chi connectivity index (χ2v) is 32.2. The van der Waals surface area contributed by atoms with E-state index in [9.17, 15) is 0 Å². The molecule has 0 aliphatic heterocycles. The van der Waals surface area contributed by atoms with Gasteiger partial charge in [-0.3, -0.25) is 0 Å². The van der Waals surface area contributed by atoms with Crippen LogP contribution in [0, 0.1) is 0 Å². The topological polar surface area (TPSA) is 0 Å². The van der Waals surface area contributed by atoms with Gasteiger partial charge in [-0.1, -0.05) is 325 Å². The van der Waals surface area contributed by atoms with Gasteiger partial charge in [-0.05, 0) is 52.6 Å². The van der Waals surface area contributed by atoms with Crippen LogP contribution in [0.25, 0.3) is 0 Å². The van der Waals surface area contributed by atoms with Gasteiger partial charge in [0.15, 0.2) is 0 Å². The zero-order valence-electron chi connectivity index (χ0n) is 39.9. The highest BCUT2D eigenvalue weighted by atomic mass is 28.3. The number of benzene rings is 9. The van der Waals surface area contributed by atoms with E-state index in [4.69, 9.17) is 0 Å². The predicted molar refractivity (Wildman–Crippen MR) is 297 cm³/mol. The number of rotatable bonds is 12. The van der Waals surface area contributed by atoms with Crippen LogP contribution in [-0.2, 0) is 19.3 Å². The van der Waals surface area contributed by atoms with Gasteiger partial charge >= 0.3 is 0 Å². The molecular formula is C63H66Si3. The first kappa shape index (κ1) is 47.6. The molecule has 0 spiro atoms. The van der Waals surface area contributed by atoms with E-state index < -0.39 is 24.2 Å². The Morgan fingerprint density at radius 3 is 1.00 bits per heavy atom. The Morgan fingerprint density at radius 2 is 0.530 bits per heavy atom. The van der Waals surface area contributed by atoms with Crippen molar-refractivity contribution >= 4 is 55.3 Å². The quantitative estimate of drug-likeness (QED) is 0.107. The van der Waals surface area contributed by atoms with Crippen LogP contribution in [0.5, 0.6) is 0 Å². The smallest absolute Gasteiger partial charge is 0.0626 e. The summed E-state index contributed by atoms with van der Waals surface area (Å²) >= 11 is 0. The van der Waals surface area contributed by atoms with Crippen molar-refractivity contribution in [3.05, 3.63) is 288 Å². The Morgan fingerprint density at radius 1 is 0.227 bits per heavy atom.